The molecule has 3 aromatic carbocycles. The zero-order valence-corrected chi connectivity index (χ0v) is 14.4. The number of para-hydroxylation sites is 2. The SMILES string of the molecule is COc1ccccc1OCC(=O)N[C@@H](C)c1cccc2ccccc12. The van der Waals surface area contributed by atoms with Crippen LogP contribution in [0.2, 0.25) is 0 Å². The van der Waals surface area contributed by atoms with Crippen molar-refractivity contribution in [3.63, 3.8) is 0 Å². The first-order valence-corrected chi connectivity index (χ1v) is 8.22. The molecule has 0 aliphatic carbocycles. The minimum absolute atomic E-state index is 0.0600. The van der Waals surface area contributed by atoms with Crippen LogP contribution in [0.15, 0.2) is 66.7 Å². The molecule has 0 saturated carbocycles. The molecular weight excluding hydrogens is 314 g/mol. The van der Waals surface area contributed by atoms with E-state index in [1.807, 2.05) is 43.3 Å². The van der Waals surface area contributed by atoms with Crippen LogP contribution in [0.4, 0.5) is 0 Å². The van der Waals surface area contributed by atoms with Crippen LogP contribution in [-0.4, -0.2) is 19.6 Å². The van der Waals surface area contributed by atoms with E-state index in [1.165, 1.54) is 0 Å². The van der Waals surface area contributed by atoms with Gasteiger partial charge in [-0.1, -0.05) is 54.6 Å². The first kappa shape index (κ1) is 16.8. The number of nitrogens with one attached hydrogen (secondary N) is 1. The summed E-state index contributed by atoms with van der Waals surface area (Å²) in [5.74, 6) is 0.988. The minimum atomic E-state index is -0.175. The Hall–Kier alpha value is -3.01. The second-order valence-corrected chi connectivity index (χ2v) is 5.80. The summed E-state index contributed by atoms with van der Waals surface area (Å²) < 4.78 is 10.8. The Morgan fingerprint density at radius 1 is 0.960 bits per heavy atom. The van der Waals surface area contributed by atoms with E-state index in [0.29, 0.717) is 11.5 Å². The van der Waals surface area contributed by atoms with Crippen molar-refractivity contribution in [2.75, 3.05) is 13.7 Å². The molecule has 4 heteroatoms. The standard InChI is InChI=1S/C21H21NO3/c1-15(17-11-7-9-16-8-3-4-10-18(16)17)22-21(23)14-25-20-13-6-5-12-19(20)24-2/h3-13,15H,14H2,1-2H3,(H,22,23)/t15-/m0/s1. The number of methoxy groups -OCH3 is 1. The van der Waals surface area contributed by atoms with Gasteiger partial charge in [-0.05, 0) is 35.4 Å². The molecule has 1 N–H and O–H groups in total. The van der Waals surface area contributed by atoms with E-state index in [1.54, 1.807) is 19.2 Å². The molecule has 25 heavy (non-hydrogen) atoms. The van der Waals surface area contributed by atoms with Crippen molar-refractivity contribution in [2.45, 2.75) is 13.0 Å². The fourth-order valence-corrected chi connectivity index (χ4v) is 2.87. The van der Waals surface area contributed by atoms with Crippen LogP contribution in [0.1, 0.15) is 18.5 Å². The number of hydrogen-bond acceptors (Lipinski definition) is 3. The second-order valence-electron chi connectivity index (χ2n) is 5.80. The number of rotatable bonds is 6. The van der Waals surface area contributed by atoms with E-state index in [4.69, 9.17) is 9.47 Å². The van der Waals surface area contributed by atoms with Crippen LogP contribution in [0.5, 0.6) is 11.5 Å². The number of benzene rings is 3. The smallest absolute Gasteiger partial charge is 0.258 e. The molecule has 4 nitrogen and oxygen atoms in total. The summed E-state index contributed by atoms with van der Waals surface area (Å²) in [6.45, 7) is 1.91. The van der Waals surface area contributed by atoms with Gasteiger partial charge in [0.15, 0.2) is 18.1 Å². The lowest BCUT2D eigenvalue weighted by atomic mass is 10.00. The van der Waals surface area contributed by atoms with Gasteiger partial charge in [0, 0.05) is 0 Å². The second kappa shape index (κ2) is 7.71. The van der Waals surface area contributed by atoms with E-state index < -0.39 is 0 Å². The summed E-state index contributed by atoms with van der Waals surface area (Å²) in [4.78, 5) is 12.3. The van der Waals surface area contributed by atoms with Crippen molar-refractivity contribution >= 4 is 16.7 Å². The van der Waals surface area contributed by atoms with Gasteiger partial charge < -0.3 is 14.8 Å². The summed E-state index contributed by atoms with van der Waals surface area (Å²) in [5, 5.41) is 5.29. The molecule has 0 spiro atoms. The molecule has 0 aliphatic rings. The number of hydrogen-bond donors (Lipinski definition) is 1. The summed E-state index contributed by atoms with van der Waals surface area (Å²) >= 11 is 0. The third kappa shape index (κ3) is 3.91. The van der Waals surface area contributed by atoms with E-state index in [9.17, 15) is 4.79 Å². The molecule has 0 radical (unpaired) electrons. The van der Waals surface area contributed by atoms with Crippen molar-refractivity contribution in [3.8, 4) is 11.5 Å². The van der Waals surface area contributed by atoms with Gasteiger partial charge in [-0.15, -0.1) is 0 Å². The molecule has 0 aliphatic heterocycles. The number of ether oxygens (including phenoxy) is 2. The van der Waals surface area contributed by atoms with Crippen molar-refractivity contribution in [1.82, 2.24) is 5.32 Å². The van der Waals surface area contributed by atoms with Gasteiger partial charge in [0.1, 0.15) is 0 Å². The molecule has 1 amide bonds. The third-order valence-corrected chi connectivity index (χ3v) is 4.10. The van der Waals surface area contributed by atoms with Gasteiger partial charge in [-0.3, -0.25) is 4.79 Å². The van der Waals surface area contributed by atoms with Gasteiger partial charge in [-0.25, -0.2) is 0 Å². The first-order valence-electron chi connectivity index (χ1n) is 8.22. The summed E-state index contributed by atoms with van der Waals surface area (Å²) in [5.41, 5.74) is 1.09. The summed E-state index contributed by atoms with van der Waals surface area (Å²) in [6, 6.07) is 21.4. The average Bonchev–Trinajstić information content (AvgIpc) is 2.66. The molecule has 3 rings (SSSR count). The van der Waals surface area contributed by atoms with Gasteiger partial charge in [-0.2, -0.15) is 0 Å². The van der Waals surface area contributed by atoms with E-state index in [0.717, 1.165) is 16.3 Å². The van der Waals surface area contributed by atoms with Gasteiger partial charge in [0.25, 0.3) is 5.91 Å². The van der Waals surface area contributed by atoms with Gasteiger partial charge in [0.2, 0.25) is 0 Å². The molecule has 0 aromatic heterocycles. The molecule has 0 saturated heterocycles. The Labute approximate surface area is 147 Å². The van der Waals surface area contributed by atoms with E-state index >= 15 is 0 Å². The van der Waals surface area contributed by atoms with Gasteiger partial charge >= 0.3 is 0 Å². The summed E-state index contributed by atoms with van der Waals surface area (Å²) in [7, 11) is 1.57. The fourth-order valence-electron chi connectivity index (χ4n) is 2.87. The van der Waals surface area contributed by atoms with Crippen molar-refractivity contribution in [1.29, 1.82) is 0 Å². The minimum Gasteiger partial charge on any atom is -0.493 e. The highest BCUT2D eigenvalue weighted by atomic mass is 16.5. The lowest BCUT2D eigenvalue weighted by Crippen LogP contribution is -2.31. The Balaban J connectivity index is 1.66. The third-order valence-electron chi connectivity index (χ3n) is 4.10. The predicted molar refractivity (Wildman–Crippen MR) is 99.0 cm³/mol. The monoisotopic (exact) mass is 335 g/mol. The van der Waals surface area contributed by atoms with Crippen LogP contribution in [0.25, 0.3) is 10.8 Å². The Morgan fingerprint density at radius 2 is 1.64 bits per heavy atom. The quantitative estimate of drug-likeness (QED) is 0.737. The molecule has 3 aromatic rings. The van der Waals surface area contributed by atoms with Crippen molar-refractivity contribution < 1.29 is 14.3 Å². The van der Waals surface area contributed by atoms with Crippen LogP contribution < -0.4 is 14.8 Å². The highest BCUT2D eigenvalue weighted by molar-refractivity contribution is 5.87. The molecule has 0 fully saturated rings. The highest BCUT2D eigenvalue weighted by Crippen LogP contribution is 2.26. The maximum Gasteiger partial charge on any atom is 0.258 e. The predicted octanol–water partition coefficient (Wildman–Crippen LogP) is 4.10. The summed E-state index contributed by atoms with van der Waals surface area (Å²) in [6.07, 6.45) is 0. The van der Waals surface area contributed by atoms with Crippen LogP contribution in [0.3, 0.4) is 0 Å². The molecule has 1 atom stereocenters. The Kier molecular flexibility index (Phi) is 5.19. The molecule has 0 unspecified atom stereocenters. The number of carbonyl (C=O) groups is 1. The number of amides is 1. The van der Waals surface area contributed by atoms with E-state index in [2.05, 4.69) is 23.5 Å². The molecule has 0 bridgehead atoms. The van der Waals surface area contributed by atoms with Crippen molar-refractivity contribution in [2.24, 2.45) is 0 Å². The normalized spacial score (nSPS) is 11.8. The lowest BCUT2D eigenvalue weighted by molar-refractivity contribution is -0.123. The maximum atomic E-state index is 12.3. The van der Waals surface area contributed by atoms with Crippen LogP contribution in [-0.2, 0) is 4.79 Å². The highest BCUT2D eigenvalue weighted by Gasteiger charge is 2.13. The topological polar surface area (TPSA) is 47.6 Å². The largest absolute Gasteiger partial charge is 0.493 e. The van der Waals surface area contributed by atoms with Gasteiger partial charge in [0.05, 0.1) is 13.2 Å². The fraction of sp³-hybridized carbons (Fsp3) is 0.190. The Morgan fingerprint density at radius 3 is 2.44 bits per heavy atom. The average molecular weight is 335 g/mol. The molecule has 128 valence electrons. The maximum absolute atomic E-state index is 12.3. The lowest BCUT2D eigenvalue weighted by Gasteiger charge is -2.17. The Bertz CT molecular complexity index is 870. The zero-order chi connectivity index (χ0) is 17.6. The number of fused-ring (bicyclic) bond motifs is 1. The zero-order valence-electron chi connectivity index (χ0n) is 14.4. The van der Waals surface area contributed by atoms with Crippen molar-refractivity contribution in [3.05, 3.63) is 72.3 Å². The first-order chi connectivity index (χ1) is 12.2. The molecule has 0 heterocycles. The molecular formula is C21H21NO3. The van der Waals surface area contributed by atoms with Crippen LogP contribution >= 0.6 is 0 Å². The van der Waals surface area contributed by atoms with E-state index in [-0.39, 0.29) is 18.6 Å². The van der Waals surface area contributed by atoms with Crippen LogP contribution in [0, 0.1) is 0 Å². The number of carbonyl (C=O) groups excluding carboxylic acids is 1.